The first-order valence-corrected chi connectivity index (χ1v) is 12.6. The largest absolute Gasteiger partial charge is 0.352 e. The molecule has 1 N–H and O–H groups in total. The molecule has 1 amide bonds. The lowest BCUT2D eigenvalue weighted by Crippen LogP contribution is -2.36. The maximum Gasteiger partial charge on any atom is 0.278 e. The number of hydrogen-bond acceptors (Lipinski definition) is 6. The van der Waals surface area contributed by atoms with Gasteiger partial charge in [-0.2, -0.15) is 4.98 Å². The molecule has 0 saturated heterocycles. The first kappa shape index (κ1) is 24.4. The molecule has 5 rings (SSSR count). The molecule has 5 aromatic rings. The Morgan fingerprint density at radius 1 is 1.16 bits per heavy atom. The monoisotopic (exact) mass is 498 g/mol. The van der Waals surface area contributed by atoms with Gasteiger partial charge in [0.25, 0.3) is 5.56 Å². The van der Waals surface area contributed by atoms with Crippen LogP contribution in [0.1, 0.15) is 43.1 Å². The van der Waals surface area contributed by atoms with Crippen molar-refractivity contribution in [3.63, 3.8) is 0 Å². The maximum absolute atomic E-state index is 13.6. The van der Waals surface area contributed by atoms with E-state index < -0.39 is 0 Å². The van der Waals surface area contributed by atoms with Crippen molar-refractivity contribution in [2.24, 2.45) is 0 Å². The summed E-state index contributed by atoms with van der Waals surface area (Å²) in [6.07, 6.45) is 3.84. The number of carbonyl (C=O) groups is 1. The second kappa shape index (κ2) is 10.4. The summed E-state index contributed by atoms with van der Waals surface area (Å²) in [5.41, 5.74) is 3.77. The number of aryl methyl sites for hydroxylation is 3. The van der Waals surface area contributed by atoms with Gasteiger partial charge in [0.2, 0.25) is 11.8 Å². The van der Waals surface area contributed by atoms with Gasteiger partial charge in [-0.1, -0.05) is 54.0 Å². The van der Waals surface area contributed by atoms with Crippen molar-refractivity contribution < 1.29 is 9.32 Å². The Kier molecular flexibility index (Phi) is 6.85. The fourth-order valence-corrected chi connectivity index (χ4v) is 4.60. The molecule has 0 aliphatic heterocycles. The van der Waals surface area contributed by atoms with Crippen molar-refractivity contribution >= 4 is 27.8 Å². The minimum Gasteiger partial charge on any atom is -0.352 e. The van der Waals surface area contributed by atoms with E-state index in [1.54, 1.807) is 4.57 Å². The van der Waals surface area contributed by atoms with Gasteiger partial charge in [0.1, 0.15) is 24.1 Å². The fraction of sp³-hybridized carbons (Fsp3) is 0.321. The Labute approximate surface area is 214 Å². The molecule has 2 aromatic carbocycles. The molecule has 37 heavy (non-hydrogen) atoms. The van der Waals surface area contributed by atoms with Gasteiger partial charge in [-0.25, -0.2) is 4.98 Å². The predicted molar refractivity (Wildman–Crippen MR) is 141 cm³/mol. The average Bonchev–Trinajstić information content (AvgIpc) is 3.47. The van der Waals surface area contributed by atoms with E-state index in [0.29, 0.717) is 29.2 Å². The zero-order valence-corrected chi connectivity index (χ0v) is 21.3. The lowest BCUT2D eigenvalue weighted by molar-refractivity contribution is -0.122. The molecular formula is C28H30N6O3. The topological polar surface area (TPSA) is 108 Å². The van der Waals surface area contributed by atoms with Crippen LogP contribution >= 0.6 is 0 Å². The second-order valence-electron chi connectivity index (χ2n) is 9.43. The molecule has 3 heterocycles. The van der Waals surface area contributed by atoms with Gasteiger partial charge < -0.3 is 14.4 Å². The molecule has 0 saturated carbocycles. The van der Waals surface area contributed by atoms with Crippen LogP contribution in [-0.2, 0) is 30.7 Å². The van der Waals surface area contributed by atoms with Crippen LogP contribution in [0.5, 0.6) is 0 Å². The van der Waals surface area contributed by atoms with Gasteiger partial charge in [0, 0.05) is 17.8 Å². The Morgan fingerprint density at radius 3 is 2.73 bits per heavy atom. The molecule has 0 fully saturated rings. The van der Waals surface area contributed by atoms with E-state index in [2.05, 4.69) is 32.6 Å². The van der Waals surface area contributed by atoms with Crippen LogP contribution in [0.2, 0.25) is 0 Å². The van der Waals surface area contributed by atoms with Gasteiger partial charge in [0.05, 0.1) is 11.8 Å². The van der Waals surface area contributed by atoms with Gasteiger partial charge in [-0.3, -0.25) is 14.2 Å². The van der Waals surface area contributed by atoms with Crippen LogP contribution in [0, 0.1) is 6.92 Å². The van der Waals surface area contributed by atoms with Gasteiger partial charge >= 0.3 is 0 Å². The number of fused-ring (bicyclic) bond motifs is 3. The van der Waals surface area contributed by atoms with E-state index in [4.69, 9.17) is 4.52 Å². The summed E-state index contributed by atoms with van der Waals surface area (Å²) in [5, 5.41) is 7.84. The van der Waals surface area contributed by atoms with E-state index in [1.165, 1.54) is 16.5 Å². The lowest BCUT2D eigenvalue weighted by atomic mass is 10.1. The highest BCUT2D eigenvalue weighted by molar-refractivity contribution is 6.06. The van der Waals surface area contributed by atoms with E-state index in [0.717, 1.165) is 29.3 Å². The van der Waals surface area contributed by atoms with Crippen molar-refractivity contribution in [2.75, 3.05) is 0 Å². The molecule has 0 radical (unpaired) electrons. The maximum atomic E-state index is 13.6. The van der Waals surface area contributed by atoms with Crippen LogP contribution in [-0.4, -0.2) is 36.2 Å². The van der Waals surface area contributed by atoms with Crippen molar-refractivity contribution in [3.05, 3.63) is 88.1 Å². The Morgan fingerprint density at radius 2 is 1.97 bits per heavy atom. The molecule has 0 spiro atoms. The van der Waals surface area contributed by atoms with Crippen molar-refractivity contribution in [1.82, 2.24) is 29.6 Å². The summed E-state index contributed by atoms with van der Waals surface area (Å²) in [5.74, 6) is 0.766. The number of aromatic nitrogens is 5. The number of hydrogen-bond donors (Lipinski definition) is 1. The number of rotatable bonds is 9. The molecule has 0 bridgehead atoms. The number of carbonyl (C=O) groups excluding carboxylic acids is 1. The number of nitrogens with zero attached hydrogens (tertiary/aromatic N) is 5. The summed E-state index contributed by atoms with van der Waals surface area (Å²) in [4.78, 5) is 35.7. The third-order valence-corrected chi connectivity index (χ3v) is 6.53. The standard InChI is InChI=1S/C28H30N6O3/c1-4-23-31-25(37-32-23)16-33-17-29-26-21-14-18(2)10-13-22(21)34(27(26)28(33)36)15-24(35)30-19(3)11-12-20-8-6-5-7-9-20/h5-10,13-14,17,19H,4,11-12,15-16H2,1-3H3,(H,30,35)/t19-/m1/s1. The summed E-state index contributed by atoms with van der Waals surface area (Å²) in [7, 11) is 0. The first-order valence-electron chi connectivity index (χ1n) is 12.6. The third-order valence-electron chi connectivity index (χ3n) is 6.53. The van der Waals surface area contributed by atoms with Crippen LogP contribution in [0.25, 0.3) is 21.9 Å². The highest BCUT2D eigenvalue weighted by Gasteiger charge is 2.20. The fourth-order valence-electron chi connectivity index (χ4n) is 4.60. The minimum absolute atomic E-state index is 0.0110. The van der Waals surface area contributed by atoms with Crippen LogP contribution in [0.15, 0.2) is 64.2 Å². The smallest absolute Gasteiger partial charge is 0.278 e. The zero-order valence-electron chi connectivity index (χ0n) is 21.3. The molecule has 1 atom stereocenters. The van der Waals surface area contributed by atoms with Gasteiger partial charge in [0.15, 0.2) is 5.82 Å². The van der Waals surface area contributed by atoms with Crippen molar-refractivity contribution in [2.45, 2.75) is 59.2 Å². The van der Waals surface area contributed by atoms with E-state index in [1.807, 2.05) is 57.2 Å². The lowest BCUT2D eigenvalue weighted by Gasteiger charge is -2.15. The summed E-state index contributed by atoms with van der Waals surface area (Å²) < 4.78 is 8.48. The molecule has 9 heteroatoms. The number of benzene rings is 2. The van der Waals surface area contributed by atoms with E-state index in [9.17, 15) is 9.59 Å². The second-order valence-corrected chi connectivity index (χ2v) is 9.43. The quantitative estimate of drug-likeness (QED) is 0.331. The summed E-state index contributed by atoms with van der Waals surface area (Å²) >= 11 is 0. The Balaban J connectivity index is 1.44. The van der Waals surface area contributed by atoms with Crippen LogP contribution < -0.4 is 10.9 Å². The SMILES string of the molecule is CCc1noc(Cn2cnc3c4cc(C)ccc4n(CC(=O)N[C@H](C)CCc4ccccc4)c3c2=O)n1. The predicted octanol–water partition coefficient (Wildman–Crippen LogP) is 3.79. The molecule has 3 aromatic heterocycles. The van der Waals surface area contributed by atoms with Crippen molar-refractivity contribution in [3.8, 4) is 0 Å². The van der Waals surface area contributed by atoms with Crippen molar-refractivity contribution in [1.29, 1.82) is 0 Å². The van der Waals surface area contributed by atoms with Gasteiger partial charge in [-0.15, -0.1) is 0 Å². The van der Waals surface area contributed by atoms with E-state index >= 15 is 0 Å². The molecule has 0 aliphatic carbocycles. The number of nitrogens with one attached hydrogen (secondary N) is 1. The highest BCUT2D eigenvalue weighted by Crippen LogP contribution is 2.26. The van der Waals surface area contributed by atoms with Gasteiger partial charge in [-0.05, 0) is 44.4 Å². The first-order chi connectivity index (χ1) is 17.9. The molecule has 9 nitrogen and oxygen atoms in total. The number of amides is 1. The average molecular weight is 499 g/mol. The Hall–Kier alpha value is -4.27. The summed E-state index contributed by atoms with van der Waals surface area (Å²) in [6.45, 7) is 6.05. The highest BCUT2D eigenvalue weighted by atomic mass is 16.5. The van der Waals surface area contributed by atoms with E-state index in [-0.39, 0.29) is 30.6 Å². The molecule has 0 unspecified atom stereocenters. The molecule has 0 aliphatic rings. The van der Waals surface area contributed by atoms with Crippen LogP contribution in [0.4, 0.5) is 0 Å². The molecule has 190 valence electrons. The minimum atomic E-state index is -0.264. The third kappa shape index (κ3) is 5.16. The zero-order chi connectivity index (χ0) is 25.9. The summed E-state index contributed by atoms with van der Waals surface area (Å²) in [6, 6.07) is 16.1. The van der Waals surface area contributed by atoms with Crippen LogP contribution in [0.3, 0.4) is 0 Å². The molecular weight excluding hydrogens is 468 g/mol. The normalized spacial score (nSPS) is 12.3. The Bertz CT molecular complexity index is 1620.